The molecule has 0 heterocycles. The van der Waals surface area contributed by atoms with Gasteiger partial charge in [-0.1, -0.05) is 0 Å². The van der Waals surface area contributed by atoms with Crippen molar-refractivity contribution in [3.05, 3.63) is 0 Å². The molecular weight excluding hydrogens is 512 g/mol. The second-order valence-electron chi connectivity index (χ2n) is 13.3. The molecule has 0 saturated heterocycles. The van der Waals surface area contributed by atoms with Gasteiger partial charge in [-0.05, 0) is 83.1 Å². The number of rotatable bonds is 12. The van der Waals surface area contributed by atoms with E-state index in [9.17, 15) is 29.1 Å². The molecule has 1 unspecified atom stereocenters. The van der Waals surface area contributed by atoms with E-state index >= 15 is 0 Å². The highest BCUT2D eigenvalue weighted by Crippen LogP contribution is 2.14. The highest BCUT2D eigenvalue weighted by atomic mass is 16.6. The summed E-state index contributed by atoms with van der Waals surface area (Å²) < 4.78 is 21.4. The number of carbonyl (C=O) groups is 5. The zero-order valence-corrected chi connectivity index (χ0v) is 25.6. The predicted octanol–water partition coefficient (Wildman–Crippen LogP) is 2.41. The van der Waals surface area contributed by atoms with Crippen LogP contribution in [0, 0.1) is 0 Å². The summed E-state index contributed by atoms with van der Waals surface area (Å²) in [4.78, 5) is 65.3. The monoisotopic (exact) mass is 560 g/mol. The summed E-state index contributed by atoms with van der Waals surface area (Å²) in [5, 5.41) is 10.1. The lowest BCUT2D eigenvalue weighted by molar-refractivity contribution is -0.167. The normalized spacial score (nSPS) is 13.6. The van der Waals surface area contributed by atoms with Crippen LogP contribution in [0.4, 0.5) is 0 Å². The van der Waals surface area contributed by atoms with Gasteiger partial charge in [-0.15, -0.1) is 0 Å². The Balaban J connectivity index is 6.20. The Morgan fingerprint density at radius 1 is 0.538 bits per heavy atom. The first kappa shape index (κ1) is 36.3. The van der Waals surface area contributed by atoms with Crippen LogP contribution in [-0.2, 0) is 42.9 Å². The van der Waals surface area contributed by atoms with E-state index in [1.54, 1.807) is 83.1 Å². The van der Waals surface area contributed by atoms with Gasteiger partial charge in [-0.25, -0.2) is 0 Å². The molecule has 12 heteroatoms. The number of nitrogens with zero attached hydrogens (tertiary/aromatic N) is 2. The van der Waals surface area contributed by atoms with Crippen LogP contribution in [-0.4, -0.2) is 106 Å². The quantitative estimate of drug-likeness (QED) is 0.276. The average molecular weight is 561 g/mol. The molecule has 39 heavy (non-hydrogen) atoms. The van der Waals surface area contributed by atoms with E-state index in [4.69, 9.17) is 18.9 Å². The maximum atomic E-state index is 12.6. The second kappa shape index (κ2) is 14.1. The molecule has 12 nitrogen and oxygen atoms in total. The fraction of sp³-hybridized carbons (Fsp3) is 0.815. The molecule has 0 fully saturated rings. The standard InChI is InChI=1S/C27H48N2O10/c1-24(2,3)36-19(30)14-28(15-20(31)37-25(4,5)6)13-18(23(34)35)29(16-21(32)38-26(7,8)9)17-22(33)39-27(10,11)12/h18H,13-17H2,1-12H3,(H,34,35). The Kier molecular flexibility index (Phi) is 13.1. The summed E-state index contributed by atoms with van der Waals surface area (Å²) >= 11 is 0. The van der Waals surface area contributed by atoms with Crippen LogP contribution in [0.15, 0.2) is 0 Å². The Morgan fingerprint density at radius 3 is 1.03 bits per heavy atom. The minimum Gasteiger partial charge on any atom is -0.480 e. The van der Waals surface area contributed by atoms with Crippen LogP contribution < -0.4 is 0 Å². The van der Waals surface area contributed by atoms with Gasteiger partial charge in [0.15, 0.2) is 0 Å². The Hall–Kier alpha value is -2.73. The van der Waals surface area contributed by atoms with E-state index in [1.165, 1.54) is 4.90 Å². The van der Waals surface area contributed by atoms with Crippen LogP contribution in [0.1, 0.15) is 83.1 Å². The molecule has 0 bridgehead atoms. The molecule has 0 aliphatic rings. The van der Waals surface area contributed by atoms with Crippen molar-refractivity contribution in [2.75, 3.05) is 32.7 Å². The zero-order chi connectivity index (χ0) is 31.0. The largest absolute Gasteiger partial charge is 0.480 e. The number of carbonyl (C=O) groups excluding carboxylic acids is 4. The topological polar surface area (TPSA) is 149 Å². The van der Waals surface area contributed by atoms with Crippen molar-refractivity contribution in [3.63, 3.8) is 0 Å². The highest BCUT2D eigenvalue weighted by molar-refractivity contribution is 5.80. The van der Waals surface area contributed by atoms with E-state index in [1.807, 2.05) is 0 Å². The number of esters is 4. The molecule has 226 valence electrons. The summed E-state index contributed by atoms with van der Waals surface area (Å²) in [7, 11) is 0. The minimum absolute atomic E-state index is 0.417. The molecule has 0 saturated carbocycles. The van der Waals surface area contributed by atoms with Crippen molar-refractivity contribution in [1.82, 2.24) is 9.80 Å². The second-order valence-corrected chi connectivity index (χ2v) is 13.3. The fourth-order valence-corrected chi connectivity index (χ4v) is 3.25. The average Bonchev–Trinajstić information content (AvgIpc) is 2.58. The van der Waals surface area contributed by atoms with Gasteiger partial charge in [0, 0.05) is 6.54 Å². The van der Waals surface area contributed by atoms with Gasteiger partial charge < -0.3 is 24.1 Å². The molecule has 1 N–H and O–H groups in total. The molecule has 1 atom stereocenters. The number of carboxylic acid groups (broad SMARTS) is 1. The van der Waals surface area contributed by atoms with Gasteiger partial charge in [0.05, 0.1) is 26.2 Å². The van der Waals surface area contributed by atoms with Crippen LogP contribution in [0.2, 0.25) is 0 Å². The zero-order valence-electron chi connectivity index (χ0n) is 25.6. The number of ether oxygens (including phenoxy) is 4. The lowest BCUT2D eigenvalue weighted by atomic mass is 10.1. The first-order valence-corrected chi connectivity index (χ1v) is 12.8. The molecule has 0 aromatic heterocycles. The number of hydrogen-bond acceptors (Lipinski definition) is 11. The third kappa shape index (κ3) is 19.0. The lowest BCUT2D eigenvalue weighted by Gasteiger charge is -2.33. The smallest absolute Gasteiger partial charge is 0.322 e. The van der Waals surface area contributed by atoms with Gasteiger partial charge >= 0.3 is 29.8 Å². The maximum absolute atomic E-state index is 12.6. The summed E-state index contributed by atoms with van der Waals surface area (Å²) in [6, 6.07) is -1.50. The molecule has 0 amide bonds. The van der Waals surface area contributed by atoms with Crippen molar-refractivity contribution >= 4 is 29.8 Å². The first-order chi connectivity index (χ1) is 17.3. The molecule has 0 aromatic rings. The molecule has 0 aliphatic heterocycles. The van der Waals surface area contributed by atoms with Crippen molar-refractivity contribution < 1.29 is 48.0 Å². The van der Waals surface area contributed by atoms with Crippen molar-refractivity contribution in [1.29, 1.82) is 0 Å². The fourth-order valence-electron chi connectivity index (χ4n) is 3.25. The Morgan fingerprint density at radius 2 is 0.795 bits per heavy atom. The third-order valence-corrected chi connectivity index (χ3v) is 4.21. The number of aliphatic carboxylic acids is 1. The van der Waals surface area contributed by atoms with Crippen molar-refractivity contribution in [3.8, 4) is 0 Å². The SMILES string of the molecule is CC(C)(C)OC(=O)CN(CC(=O)OC(C)(C)C)CC(C(=O)O)N(CC(=O)OC(C)(C)C)CC(=O)OC(C)(C)C. The summed E-state index contributed by atoms with van der Waals surface area (Å²) in [6.07, 6.45) is 0. The van der Waals surface area contributed by atoms with E-state index in [2.05, 4.69) is 0 Å². The van der Waals surface area contributed by atoms with E-state index in [0.717, 1.165) is 4.90 Å². The van der Waals surface area contributed by atoms with Crippen LogP contribution >= 0.6 is 0 Å². The first-order valence-electron chi connectivity index (χ1n) is 12.8. The number of carboxylic acids is 1. The molecular formula is C27H48N2O10. The van der Waals surface area contributed by atoms with Gasteiger partial charge in [-0.3, -0.25) is 33.8 Å². The van der Waals surface area contributed by atoms with Gasteiger partial charge in [-0.2, -0.15) is 0 Å². The molecule has 0 rings (SSSR count). The van der Waals surface area contributed by atoms with Crippen LogP contribution in [0.5, 0.6) is 0 Å². The Labute approximate surface area is 232 Å². The minimum atomic E-state index is -1.50. The van der Waals surface area contributed by atoms with Crippen molar-refractivity contribution in [2.24, 2.45) is 0 Å². The van der Waals surface area contributed by atoms with Crippen molar-refractivity contribution in [2.45, 2.75) is 112 Å². The summed E-state index contributed by atoms with van der Waals surface area (Å²) in [6.45, 7) is 17.6. The van der Waals surface area contributed by atoms with Crippen LogP contribution in [0.25, 0.3) is 0 Å². The van der Waals surface area contributed by atoms with Gasteiger partial charge in [0.2, 0.25) is 0 Å². The van der Waals surface area contributed by atoms with Gasteiger partial charge in [0.25, 0.3) is 0 Å². The molecule has 0 aliphatic carbocycles. The van der Waals surface area contributed by atoms with E-state index in [-0.39, 0.29) is 0 Å². The van der Waals surface area contributed by atoms with E-state index < -0.39 is 91.0 Å². The summed E-state index contributed by atoms with van der Waals surface area (Å²) in [5.74, 6) is -4.30. The highest BCUT2D eigenvalue weighted by Gasteiger charge is 2.35. The van der Waals surface area contributed by atoms with Gasteiger partial charge in [0.1, 0.15) is 28.4 Å². The molecule has 0 radical (unpaired) electrons. The van der Waals surface area contributed by atoms with E-state index in [0.29, 0.717) is 0 Å². The summed E-state index contributed by atoms with van der Waals surface area (Å²) in [5.41, 5.74) is -3.35. The van der Waals surface area contributed by atoms with Crippen LogP contribution in [0.3, 0.4) is 0 Å². The molecule has 0 spiro atoms. The predicted molar refractivity (Wildman–Crippen MR) is 143 cm³/mol. The maximum Gasteiger partial charge on any atom is 0.322 e. The Bertz CT molecular complexity index is 813. The lowest BCUT2D eigenvalue weighted by Crippen LogP contribution is -2.54. The molecule has 0 aromatic carbocycles. The number of hydrogen-bond donors (Lipinski definition) is 1. The third-order valence-electron chi connectivity index (χ3n) is 4.21.